The zero-order valence-corrected chi connectivity index (χ0v) is 18.8. The van der Waals surface area contributed by atoms with E-state index in [1.54, 1.807) is 20.8 Å². The Kier molecular flexibility index (Phi) is 7.65. The predicted molar refractivity (Wildman–Crippen MR) is 109 cm³/mol. The highest BCUT2D eigenvalue weighted by Crippen LogP contribution is 2.44. The summed E-state index contributed by atoms with van der Waals surface area (Å²) in [6.07, 6.45) is -4.70. The Bertz CT molecular complexity index is 903. The summed E-state index contributed by atoms with van der Waals surface area (Å²) >= 11 is 0. The number of amides is 1. The lowest BCUT2D eigenvalue weighted by Gasteiger charge is -2.45. The SMILES string of the molecule is CCCCS(=O)(=O)N(CCC)[C@H]1c2cc(C(=O)NC(F)(F)F)ccc2OC(C)(C)[C@@H]1O. The molecule has 1 aromatic carbocycles. The van der Waals surface area contributed by atoms with E-state index in [-0.39, 0.29) is 29.2 Å². The smallest absolute Gasteiger partial charge is 0.484 e. The van der Waals surface area contributed by atoms with E-state index in [2.05, 4.69) is 0 Å². The number of halogens is 3. The van der Waals surface area contributed by atoms with Gasteiger partial charge in [0.1, 0.15) is 17.5 Å². The quantitative estimate of drug-likeness (QED) is 0.573. The molecule has 176 valence electrons. The van der Waals surface area contributed by atoms with E-state index >= 15 is 0 Å². The van der Waals surface area contributed by atoms with Crippen LogP contribution in [0, 0.1) is 0 Å². The van der Waals surface area contributed by atoms with Crippen molar-refractivity contribution in [2.75, 3.05) is 12.3 Å². The first-order valence-electron chi connectivity index (χ1n) is 10.1. The second kappa shape index (κ2) is 9.33. The number of hydrogen-bond donors (Lipinski definition) is 2. The van der Waals surface area contributed by atoms with Gasteiger partial charge in [0.15, 0.2) is 0 Å². The lowest BCUT2D eigenvalue weighted by molar-refractivity contribution is -0.146. The molecule has 1 aliphatic heterocycles. The van der Waals surface area contributed by atoms with Gasteiger partial charge in [-0.05, 0) is 44.9 Å². The Balaban J connectivity index is 2.60. The minimum atomic E-state index is -4.91. The fourth-order valence-electron chi connectivity index (χ4n) is 3.54. The van der Waals surface area contributed by atoms with Crippen LogP contribution in [0.25, 0.3) is 0 Å². The summed E-state index contributed by atoms with van der Waals surface area (Å²) in [5, 5.41) is 12.0. The van der Waals surface area contributed by atoms with Crippen LogP contribution in [0.5, 0.6) is 5.75 Å². The molecule has 11 heteroatoms. The number of carbonyl (C=O) groups excluding carboxylic acids is 1. The standard InChI is InChI=1S/C20H29F3N2O5S/c1-5-7-11-31(28,29)25(10-6-2)16-14-12-13(18(27)24-20(21,22)23)8-9-15(14)30-19(3,4)17(16)26/h8-9,12,16-17,26H,5-7,10-11H2,1-4H3,(H,24,27)/t16-,17+/m0/s1. The van der Waals surface area contributed by atoms with Crippen molar-refractivity contribution in [1.29, 1.82) is 0 Å². The van der Waals surface area contributed by atoms with Gasteiger partial charge in [-0.15, -0.1) is 0 Å². The van der Waals surface area contributed by atoms with Crippen molar-refractivity contribution in [3.63, 3.8) is 0 Å². The van der Waals surface area contributed by atoms with Crippen molar-refractivity contribution in [2.45, 2.75) is 71.0 Å². The molecule has 1 aliphatic rings. The van der Waals surface area contributed by atoms with Crippen molar-refractivity contribution in [1.82, 2.24) is 9.62 Å². The highest BCUT2D eigenvalue weighted by Gasteiger charge is 2.48. The second-order valence-electron chi connectivity index (χ2n) is 8.08. The Morgan fingerprint density at radius 1 is 1.26 bits per heavy atom. The van der Waals surface area contributed by atoms with Gasteiger partial charge in [0.05, 0.1) is 11.8 Å². The number of benzene rings is 1. The average molecular weight is 467 g/mol. The van der Waals surface area contributed by atoms with Crippen LogP contribution in [0.15, 0.2) is 18.2 Å². The van der Waals surface area contributed by atoms with Gasteiger partial charge in [-0.25, -0.2) is 8.42 Å². The third kappa shape index (κ3) is 5.89. The normalized spacial score (nSPS) is 20.8. The molecule has 0 unspecified atom stereocenters. The van der Waals surface area contributed by atoms with E-state index < -0.39 is 40.0 Å². The van der Waals surface area contributed by atoms with Crippen molar-refractivity contribution in [3.05, 3.63) is 29.3 Å². The molecule has 0 aromatic heterocycles. The Hall–Kier alpha value is -1.85. The molecule has 2 N–H and O–H groups in total. The second-order valence-corrected chi connectivity index (χ2v) is 10.1. The molecule has 2 atom stereocenters. The van der Waals surface area contributed by atoms with Gasteiger partial charge >= 0.3 is 6.30 Å². The van der Waals surface area contributed by atoms with Gasteiger partial charge in [0.2, 0.25) is 10.0 Å². The van der Waals surface area contributed by atoms with Crippen LogP contribution in [0.3, 0.4) is 0 Å². The van der Waals surface area contributed by atoms with Crippen LogP contribution in [-0.2, 0) is 10.0 Å². The lowest BCUT2D eigenvalue weighted by atomic mass is 9.85. The molecule has 0 saturated carbocycles. The van der Waals surface area contributed by atoms with Crippen molar-refractivity contribution >= 4 is 15.9 Å². The maximum absolute atomic E-state index is 13.1. The number of aliphatic hydroxyl groups is 1. The Morgan fingerprint density at radius 3 is 2.45 bits per heavy atom. The molecule has 7 nitrogen and oxygen atoms in total. The third-order valence-corrected chi connectivity index (χ3v) is 7.03. The first-order chi connectivity index (χ1) is 14.2. The summed E-state index contributed by atoms with van der Waals surface area (Å²) in [6, 6.07) is 2.53. The van der Waals surface area contributed by atoms with Crippen LogP contribution in [-0.4, -0.2) is 54.0 Å². The fraction of sp³-hybridized carbons (Fsp3) is 0.650. The van der Waals surface area contributed by atoms with Crippen LogP contribution in [0.1, 0.15) is 68.9 Å². The summed E-state index contributed by atoms with van der Waals surface area (Å²) in [6.45, 7) is 6.93. The molecule has 0 fully saturated rings. The van der Waals surface area contributed by atoms with E-state index in [0.29, 0.717) is 19.3 Å². The molecular weight excluding hydrogens is 437 g/mol. The zero-order valence-electron chi connectivity index (χ0n) is 18.0. The van der Waals surface area contributed by atoms with Gasteiger partial charge in [-0.3, -0.25) is 10.1 Å². The van der Waals surface area contributed by atoms with Gasteiger partial charge in [-0.2, -0.15) is 17.5 Å². The lowest BCUT2D eigenvalue weighted by Crippen LogP contribution is -2.55. The number of ether oxygens (including phenoxy) is 1. The van der Waals surface area contributed by atoms with Gasteiger partial charge in [0.25, 0.3) is 5.91 Å². The van der Waals surface area contributed by atoms with Crippen LogP contribution in [0.4, 0.5) is 13.2 Å². The summed E-state index contributed by atoms with van der Waals surface area (Å²) in [5.41, 5.74) is -1.34. The molecule has 2 rings (SSSR count). The maximum atomic E-state index is 13.1. The topological polar surface area (TPSA) is 95.9 Å². The van der Waals surface area contributed by atoms with Crippen LogP contribution >= 0.6 is 0 Å². The number of hydrogen-bond acceptors (Lipinski definition) is 5. The molecule has 1 aromatic rings. The van der Waals surface area contributed by atoms with E-state index in [9.17, 15) is 31.5 Å². The molecule has 1 amide bonds. The largest absolute Gasteiger partial charge is 0.485 e. The predicted octanol–water partition coefficient (Wildman–Crippen LogP) is 3.35. The number of rotatable bonds is 8. The average Bonchev–Trinajstić information content (AvgIpc) is 2.64. The van der Waals surface area contributed by atoms with Gasteiger partial charge in [0, 0.05) is 17.7 Å². The molecular formula is C20H29F3N2O5S. The summed E-state index contributed by atoms with van der Waals surface area (Å²) in [5.74, 6) is -1.31. The minimum absolute atomic E-state index is 0.0995. The number of aliphatic hydroxyl groups excluding tert-OH is 1. The van der Waals surface area contributed by atoms with Crippen molar-refractivity contribution < 1.29 is 36.2 Å². The summed E-state index contributed by atoms with van der Waals surface area (Å²) < 4.78 is 70.9. The summed E-state index contributed by atoms with van der Waals surface area (Å²) in [7, 11) is -3.80. The van der Waals surface area contributed by atoms with Crippen LogP contribution < -0.4 is 10.1 Å². The Labute approximate surface area is 180 Å². The number of unbranched alkanes of at least 4 members (excludes halogenated alkanes) is 1. The number of alkyl halides is 3. The first-order valence-corrected chi connectivity index (χ1v) is 11.7. The highest BCUT2D eigenvalue weighted by atomic mass is 32.2. The molecule has 0 bridgehead atoms. The van der Waals surface area contributed by atoms with Crippen molar-refractivity contribution in [2.24, 2.45) is 0 Å². The molecule has 0 aliphatic carbocycles. The van der Waals surface area contributed by atoms with E-state index in [0.717, 1.165) is 11.4 Å². The monoisotopic (exact) mass is 466 g/mol. The Morgan fingerprint density at radius 2 is 1.90 bits per heavy atom. The number of carbonyl (C=O) groups is 1. The maximum Gasteiger partial charge on any atom is 0.484 e. The number of nitrogens with one attached hydrogen (secondary N) is 1. The molecule has 0 radical (unpaired) electrons. The van der Waals surface area contributed by atoms with E-state index in [4.69, 9.17) is 4.74 Å². The molecule has 31 heavy (non-hydrogen) atoms. The molecule has 1 heterocycles. The van der Waals surface area contributed by atoms with Gasteiger partial charge in [-0.1, -0.05) is 20.3 Å². The summed E-state index contributed by atoms with van der Waals surface area (Å²) in [4.78, 5) is 12.0. The highest BCUT2D eigenvalue weighted by molar-refractivity contribution is 7.89. The number of sulfonamides is 1. The fourth-order valence-corrected chi connectivity index (χ4v) is 5.46. The van der Waals surface area contributed by atoms with Gasteiger partial charge < -0.3 is 9.84 Å². The number of fused-ring (bicyclic) bond motifs is 1. The third-order valence-electron chi connectivity index (χ3n) is 5.10. The zero-order chi connectivity index (χ0) is 23.6. The van der Waals surface area contributed by atoms with E-state index in [1.807, 2.05) is 6.92 Å². The molecule has 0 saturated heterocycles. The first kappa shape index (κ1) is 25.4. The van der Waals surface area contributed by atoms with Crippen LogP contribution in [0.2, 0.25) is 0 Å². The van der Waals surface area contributed by atoms with Crippen molar-refractivity contribution in [3.8, 4) is 5.75 Å². The minimum Gasteiger partial charge on any atom is -0.485 e. The molecule has 0 spiro atoms. The van der Waals surface area contributed by atoms with E-state index in [1.165, 1.54) is 16.4 Å². The number of nitrogens with zero attached hydrogens (tertiary/aromatic N) is 1.